The van der Waals surface area contributed by atoms with Crippen LogP contribution in [0.25, 0.3) is 0 Å². The Hall–Kier alpha value is -1.02. The van der Waals surface area contributed by atoms with E-state index in [1.807, 2.05) is 0 Å². The van der Waals surface area contributed by atoms with Gasteiger partial charge in [-0.2, -0.15) is 0 Å². The first-order chi connectivity index (χ1) is 7.16. The fourth-order valence-corrected chi connectivity index (χ4v) is 2.12. The van der Waals surface area contributed by atoms with Crippen molar-refractivity contribution in [2.45, 2.75) is 32.9 Å². The Labute approximate surface area is 92.3 Å². The van der Waals surface area contributed by atoms with E-state index in [1.54, 1.807) is 0 Å². The third kappa shape index (κ3) is 2.32. The smallest absolute Gasteiger partial charge is 0.0387 e. The van der Waals surface area contributed by atoms with Crippen LogP contribution in [0.4, 0.5) is 5.69 Å². The molecule has 1 saturated heterocycles. The van der Waals surface area contributed by atoms with Gasteiger partial charge >= 0.3 is 0 Å². The molecule has 2 heteroatoms. The second-order valence-corrected chi connectivity index (χ2v) is 4.65. The third-order valence-corrected chi connectivity index (χ3v) is 3.13. The van der Waals surface area contributed by atoms with Crippen molar-refractivity contribution < 1.29 is 0 Å². The molecule has 1 fully saturated rings. The largest absolute Gasteiger partial charge is 0.366 e. The van der Waals surface area contributed by atoms with Gasteiger partial charge in [0.1, 0.15) is 0 Å². The second kappa shape index (κ2) is 4.23. The van der Waals surface area contributed by atoms with Gasteiger partial charge in [-0.25, -0.2) is 0 Å². The highest BCUT2D eigenvalue weighted by atomic mass is 15.2. The van der Waals surface area contributed by atoms with Crippen molar-refractivity contribution in [2.24, 2.45) is 0 Å². The molecule has 1 N–H and O–H groups in total. The van der Waals surface area contributed by atoms with Crippen molar-refractivity contribution in [1.82, 2.24) is 5.32 Å². The Morgan fingerprint density at radius 3 is 2.53 bits per heavy atom. The van der Waals surface area contributed by atoms with Crippen LogP contribution in [-0.4, -0.2) is 25.2 Å². The van der Waals surface area contributed by atoms with Crippen molar-refractivity contribution in [3.05, 3.63) is 29.8 Å². The zero-order valence-corrected chi connectivity index (χ0v) is 9.83. The van der Waals surface area contributed by atoms with Crippen LogP contribution in [0.15, 0.2) is 24.3 Å². The third-order valence-electron chi connectivity index (χ3n) is 3.13. The van der Waals surface area contributed by atoms with Gasteiger partial charge in [-0.05, 0) is 32.9 Å². The van der Waals surface area contributed by atoms with Gasteiger partial charge in [0.25, 0.3) is 0 Å². The van der Waals surface area contributed by atoms with E-state index in [4.69, 9.17) is 0 Å². The van der Waals surface area contributed by atoms with Crippen LogP contribution in [0.2, 0.25) is 0 Å². The summed E-state index contributed by atoms with van der Waals surface area (Å²) in [6.07, 6.45) is 0. The normalized spacial score (nSPS) is 26.7. The zero-order valence-electron chi connectivity index (χ0n) is 9.83. The van der Waals surface area contributed by atoms with Crippen LogP contribution in [0.5, 0.6) is 0 Å². The Morgan fingerprint density at radius 2 is 1.87 bits per heavy atom. The predicted molar refractivity (Wildman–Crippen MR) is 65.5 cm³/mol. The van der Waals surface area contributed by atoms with Crippen LogP contribution >= 0.6 is 0 Å². The molecule has 0 bridgehead atoms. The zero-order chi connectivity index (χ0) is 10.8. The van der Waals surface area contributed by atoms with E-state index >= 15 is 0 Å². The average Bonchev–Trinajstić information content (AvgIpc) is 2.23. The number of benzene rings is 1. The van der Waals surface area contributed by atoms with Gasteiger partial charge in [-0.3, -0.25) is 0 Å². The highest BCUT2D eigenvalue weighted by Gasteiger charge is 2.21. The second-order valence-electron chi connectivity index (χ2n) is 4.65. The topological polar surface area (TPSA) is 15.3 Å². The Morgan fingerprint density at radius 1 is 1.20 bits per heavy atom. The maximum atomic E-state index is 3.50. The fourth-order valence-electron chi connectivity index (χ4n) is 2.12. The van der Waals surface area contributed by atoms with Gasteiger partial charge in [0, 0.05) is 30.9 Å². The summed E-state index contributed by atoms with van der Waals surface area (Å²) in [5.74, 6) is 0. The number of rotatable bonds is 1. The number of nitrogens with one attached hydrogen (secondary N) is 1. The number of hydrogen-bond acceptors (Lipinski definition) is 2. The lowest BCUT2D eigenvalue weighted by molar-refractivity contribution is 0.425. The van der Waals surface area contributed by atoms with Crippen LogP contribution < -0.4 is 10.2 Å². The quantitative estimate of drug-likeness (QED) is 0.754. The van der Waals surface area contributed by atoms with Crippen LogP contribution in [0, 0.1) is 6.92 Å². The minimum atomic E-state index is 0.586. The minimum Gasteiger partial charge on any atom is -0.366 e. The molecule has 15 heavy (non-hydrogen) atoms. The van der Waals surface area contributed by atoms with Crippen molar-refractivity contribution >= 4 is 5.69 Å². The average molecular weight is 204 g/mol. The molecule has 0 aromatic heterocycles. The Balaban J connectivity index is 2.17. The number of piperazine rings is 1. The van der Waals surface area contributed by atoms with Gasteiger partial charge < -0.3 is 10.2 Å². The molecule has 0 saturated carbocycles. The summed E-state index contributed by atoms with van der Waals surface area (Å²) in [5.41, 5.74) is 2.68. The summed E-state index contributed by atoms with van der Waals surface area (Å²) in [5, 5.41) is 3.50. The molecule has 2 atom stereocenters. The molecule has 0 aliphatic carbocycles. The van der Waals surface area contributed by atoms with E-state index in [-0.39, 0.29) is 0 Å². The monoisotopic (exact) mass is 204 g/mol. The van der Waals surface area contributed by atoms with Crippen molar-refractivity contribution in [1.29, 1.82) is 0 Å². The molecule has 1 aromatic carbocycles. The molecular weight excluding hydrogens is 184 g/mol. The number of nitrogens with zero attached hydrogens (tertiary/aromatic N) is 1. The SMILES string of the molecule is Cc1ccc(N2C[C@H](C)NC[C@H]2C)cc1. The molecule has 2 rings (SSSR count). The molecule has 1 aliphatic rings. The first-order valence-corrected chi connectivity index (χ1v) is 5.73. The lowest BCUT2D eigenvalue weighted by Crippen LogP contribution is -2.54. The van der Waals surface area contributed by atoms with E-state index in [0.717, 1.165) is 13.1 Å². The fraction of sp³-hybridized carbons (Fsp3) is 0.538. The standard InChI is InChI=1S/C13H20N2/c1-10-4-6-13(7-5-10)15-9-11(2)14-8-12(15)3/h4-7,11-12,14H,8-9H2,1-3H3/t11-,12+/m0/s1. The van der Waals surface area contributed by atoms with Crippen LogP contribution in [-0.2, 0) is 0 Å². The Bertz CT molecular complexity index is 318. The summed E-state index contributed by atoms with van der Waals surface area (Å²) >= 11 is 0. The maximum absolute atomic E-state index is 3.50. The van der Waals surface area contributed by atoms with Crippen LogP contribution in [0.1, 0.15) is 19.4 Å². The van der Waals surface area contributed by atoms with E-state index in [9.17, 15) is 0 Å². The van der Waals surface area contributed by atoms with E-state index in [1.165, 1.54) is 11.3 Å². The molecular formula is C13H20N2. The first-order valence-electron chi connectivity index (χ1n) is 5.73. The van der Waals surface area contributed by atoms with E-state index in [2.05, 4.69) is 55.3 Å². The molecule has 0 amide bonds. The first kappa shape index (κ1) is 10.5. The molecule has 1 heterocycles. The molecule has 0 radical (unpaired) electrons. The summed E-state index contributed by atoms with van der Waals surface area (Å²) in [6, 6.07) is 10.0. The lowest BCUT2D eigenvalue weighted by Gasteiger charge is -2.39. The summed E-state index contributed by atoms with van der Waals surface area (Å²) in [4.78, 5) is 2.49. The molecule has 1 aromatic rings. The number of aryl methyl sites for hydroxylation is 1. The minimum absolute atomic E-state index is 0.586. The number of anilines is 1. The summed E-state index contributed by atoms with van der Waals surface area (Å²) in [6.45, 7) is 8.83. The van der Waals surface area contributed by atoms with Crippen molar-refractivity contribution in [3.8, 4) is 0 Å². The van der Waals surface area contributed by atoms with Gasteiger partial charge in [-0.15, -0.1) is 0 Å². The van der Waals surface area contributed by atoms with Crippen LogP contribution in [0.3, 0.4) is 0 Å². The lowest BCUT2D eigenvalue weighted by atomic mass is 10.1. The van der Waals surface area contributed by atoms with Crippen molar-refractivity contribution in [3.63, 3.8) is 0 Å². The highest BCUT2D eigenvalue weighted by Crippen LogP contribution is 2.19. The molecule has 0 unspecified atom stereocenters. The predicted octanol–water partition coefficient (Wildman–Crippen LogP) is 2.18. The van der Waals surface area contributed by atoms with Crippen molar-refractivity contribution in [2.75, 3.05) is 18.0 Å². The number of hydrogen-bond donors (Lipinski definition) is 1. The van der Waals surface area contributed by atoms with Gasteiger partial charge in [0.05, 0.1) is 0 Å². The van der Waals surface area contributed by atoms with Gasteiger partial charge in [0.2, 0.25) is 0 Å². The van der Waals surface area contributed by atoms with Gasteiger partial charge in [-0.1, -0.05) is 17.7 Å². The summed E-state index contributed by atoms with van der Waals surface area (Å²) < 4.78 is 0. The highest BCUT2D eigenvalue weighted by molar-refractivity contribution is 5.49. The molecule has 82 valence electrons. The van der Waals surface area contributed by atoms with E-state index in [0.29, 0.717) is 12.1 Å². The van der Waals surface area contributed by atoms with E-state index < -0.39 is 0 Å². The molecule has 0 spiro atoms. The molecule has 1 aliphatic heterocycles. The Kier molecular flexibility index (Phi) is 2.96. The van der Waals surface area contributed by atoms with Gasteiger partial charge in [0.15, 0.2) is 0 Å². The summed E-state index contributed by atoms with van der Waals surface area (Å²) in [7, 11) is 0. The molecule has 2 nitrogen and oxygen atoms in total. The maximum Gasteiger partial charge on any atom is 0.0387 e.